The number of anilines is 1. The highest BCUT2D eigenvalue weighted by atomic mass is 32.1. The summed E-state index contributed by atoms with van der Waals surface area (Å²) in [5, 5.41) is 1.91. The normalized spacial score (nSPS) is 18.6. The Morgan fingerprint density at radius 3 is 2.63 bits per heavy atom. The number of rotatable bonds is 5. The number of carbonyl (C=O) groups is 2. The lowest BCUT2D eigenvalue weighted by Gasteiger charge is -2.23. The second-order valence-corrected chi connectivity index (χ2v) is 10.8. The highest BCUT2D eigenvalue weighted by molar-refractivity contribution is 7.10. The van der Waals surface area contributed by atoms with E-state index in [-0.39, 0.29) is 24.0 Å². The molecule has 0 N–H and O–H groups in total. The number of thiophene rings is 1. The summed E-state index contributed by atoms with van der Waals surface area (Å²) in [5.74, 6) is -0.493. The van der Waals surface area contributed by atoms with Crippen molar-refractivity contribution in [2.45, 2.75) is 33.7 Å². The first-order valence-corrected chi connectivity index (χ1v) is 13.2. The van der Waals surface area contributed by atoms with Crippen LogP contribution in [0.5, 0.6) is 0 Å². The zero-order valence-electron chi connectivity index (χ0n) is 19.9. The summed E-state index contributed by atoms with van der Waals surface area (Å²) < 4.78 is 7.45. The Morgan fingerprint density at radius 1 is 1.17 bits per heavy atom. The third kappa shape index (κ3) is 3.79. The number of thiazole rings is 1. The fourth-order valence-corrected chi connectivity index (χ4v) is 6.44. The average molecular weight is 508 g/mol. The van der Waals surface area contributed by atoms with Gasteiger partial charge in [0.05, 0.1) is 29.1 Å². The smallest absolute Gasteiger partial charge is 0.338 e. The second kappa shape index (κ2) is 9.05. The zero-order valence-corrected chi connectivity index (χ0v) is 21.5. The van der Waals surface area contributed by atoms with Crippen LogP contribution in [0.3, 0.4) is 0 Å². The lowest BCUT2D eigenvalue weighted by atomic mass is 10.0. The lowest BCUT2D eigenvalue weighted by molar-refractivity contribution is -0.140. The van der Waals surface area contributed by atoms with Gasteiger partial charge < -0.3 is 9.64 Å². The van der Waals surface area contributed by atoms with E-state index in [1.807, 2.05) is 62.5 Å². The van der Waals surface area contributed by atoms with E-state index in [2.05, 4.69) is 4.99 Å². The van der Waals surface area contributed by atoms with Gasteiger partial charge >= 0.3 is 5.97 Å². The van der Waals surface area contributed by atoms with Crippen molar-refractivity contribution >= 4 is 45.8 Å². The molecule has 0 spiro atoms. The molecule has 2 aliphatic heterocycles. The largest absolute Gasteiger partial charge is 0.462 e. The SMILES string of the molecule is CCN1C(=O)/C(=c2\sc3n(c2=O)[C@@H](c2cccs2)C(C(=O)OCC(C)C)=C(C)N=3)c2ccccc21. The van der Waals surface area contributed by atoms with Crippen LogP contribution in [0.4, 0.5) is 5.69 Å². The number of aromatic nitrogens is 1. The molecule has 1 amide bonds. The van der Waals surface area contributed by atoms with E-state index < -0.39 is 12.0 Å². The molecular weight excluding hydrogens is 482 g/mol. The van der Waals surface area contributed by atoms with E-state index in [1.54, 1.807) is 16.4 Å². The molecule has 1 aromatic carbocycles. The molecular formula is C26H25N3O4S2. The minimum atomic E-state index is -0.658. The average Bonchev–Trinajstić information content (AvgIpc) is 3.53. The van der Waals surface area contributed by atoms with Gasteiger partial charge in [0.2, 0.25) is 0 Å². The minimum Gasteiger partial charge on any atom is -0.462 e. The van der Waals surface area contributed by atoms with Gasteiger partial charge in [0, 0.05) is 17.0 Å². The fraction of sp³-hybridized carbons (Fsp3) is 0.308. The maximum absolute atomic E-state index is 13.9. The van der Waals surface area contributed by atoms with Crippen LogP contribution in [-0.2, 0) is 14.3 Å². The number of fused-ring (bicyclic) bond motifs is 2. The van der Waals surface area contributed by atoms with Crippen molar-refractivity contribution < 1.29 is 14.3 Å². The van der Waals surface area contributed by atoms with Crippen LogP contribution >= 0.6 is 22.7 Å². The summed E-state index contributed by atoms with van der Waals surface area (Å²) >= 11 is 2.66. The first kappa shape index (κ1) is 23.4. The monoisotopic (exact) mass is 507 g/mol. The minimum absolute atomic E-state index is 0.179. The number of nitrogens with zero attached hydrogens (tertiary/aromatic N) is 3. The molecule has 0 bridgehead atoms. The standard InChI is InChI=1S/C26H25N3O4S2/c1-5-28-17-10-7-6-9-16(17)20(23(28)30)22-24(31)29-21(18-11-8-12-34-18)19(15(4)27-26(29)35-22)25(32)33-13-14(2)3/h6-12,14,21H,5,13H2,1-4H3/b22-20-/t21-/m0/s1. The van der Waals surface area contributed by atoms with Crippen LogP contribution < -0.4 is 19.8 Å². The molecule has 3 aromatic rings. The fourth-order valence-electron chi connectivity index (χ4n) is 4.48. The maximum atomic E-state index is 13.9. The Hall–Kier alpha value is -3.30. The summed E-state index contributed by atoms with van der Waals surface area (Å²) in [6.45, 7) is 8.39. The highest BCUT2D eigenvalue weighted by Gasteiger charge is 2.37. The van der Waals surface area contributed by atoms with E-state index in [4.69, 9.17) is 4.74 Å². The number of hydrogen-bond donors (Lipinski definition) is 0. The number of carbonyl (C=O) groups excluding carboxylic acids is 2. The van der Waals surface area contributed by atoms with Crippen LogP contribution in [0, 0.1) is 5.92 Å². The molecule has 7 nitrogen and oxygen atoms in total. The van der Waals surface area contributed by atoms with Crippen molar-refractivity contribution in [2.24, 2.45) is 10.9 Å². The molecule has 0 fully saturated rings. The van der Waals surface area contributed by atoms with E-state index in [9.17, 15) is 14.4 Å². The number of hydrogen-bond acceptors (Lipinski definition) is 7. The van der Waals surface area contributed by atoms with Gasteiger partial charge in [-0.15, -0.1) is 11.3 Å². The van der Waals surface area contributed by atoms with Gasteiger partial charge in [0.1, 0.15) is 10.6 Å². The Kier molecular flexibility index (Phi) is 6.06. The lowest BCUT2D eigenvalue weighted by Crippen LogP contribution is -2.40. The van der Waals surface area contributed by atoms with Gasteiger partial charge in [-0.05, 0) is 37.3 Å². The van der Waals surface area contributed by atoms with Crippen LogP contribution in [0.1, 0.15) is 44.2 Å². The van der Waals surface area contributed by atoms with Crippen LogP contribution in [0.15, 0.2) is 62.8 Å². The van der Waals surface area contributed by atoms with Gasteiger partial charge in [-0.1, -0.05) is 49.4 Å². The van der Waals surface area contributed by atoms with Crippen molar-refractivity contribution in [3.05, 3.63) is 83.2 Å². The van der Waals surface area contributed by atoms with E-state index >= 15 is 0 Å². The molecule has 35 heavy (non-hydrogen) atoms. The van der Waals surface area contributed by atoms with Crippen molar-refractivity contribution in [1.82, 2.24) is 4.57 Å². The molecule has 2 aliphatic rings. The summed E-state index contributed by atoms with van der Waals surface area (Å²) in [5.41, 5.74) is 2.47. The van der Waals surface area contributed by atoms with Crippen molar-refractivity contribution in [1.29, 1.82) is 0 Å². The third-order valence-corrected chi connectivity index (χ3v) is 8.02. The maximum Gasteiger partial charge on any atom is 0.338 e. The zero-order chi connectivity index (χ0) is 24.9. The number of esters is 1. The highest BCUT2D eigenvalue weighted by Crippen LogP contribution is 2.36. The third-order valence-electron chi connectivity index (χ3n) is 6.04. The molecule has 2 aromatic heterocycles. The Morgan fingerprint density at radius 2 is 1.94 bits per heavy atom. The van der Waals surface area contributed by atoms with E-state index in [1.165, 1.54) is 22.7 Å². The summed E-state index contributed by atoms with van der Waals surface area (Å²) in [6, 6.07) is 10.6. The molecule has 180 valence electrons. The molecule has 0 unspecified atom stereocenters. The summed E-state index contributed by atoms with van der Waals surface area (Å²) in [7, 11) is 0. The Labute approximate surface area is 210 Å². The van der Waals surface area contributed by atoms with Crippen LogP contribution in [0.2, 0.25) is 0 Å². The van der Waals surface area contributed by atoms with Crippen molar-refractivity contribution in [3.63, 3.8) is 0 Å². The Bertz CT molecular complexity index is 1540. The van der Waals surface area contributed by atoms with Crippen LogP contribution in [0.25, 0.3) is 5.57 Å². The molecule has 5 rings (SSSR count). The number of likely N-dealkylation sites (N-methyl/N-ethyl adjacent to an activating group) is 1. The second-order valence-electron chi connectivity index (χ2n) is 8.85. The molecule has 0 saturated carbocycles. The van der Waals surface area contributed by atoms with Gasteiger partial charge in [0.25, 0.3) is 11.5 Å². The number of benzene rings is 1. The number of amides is 1. The molecule has 4 heterocycles. The number of para-hydroxylation sites is 1. The first-order chi connectivity index (χ1) is 16.8. The molecule has 0 radical (unpaired) electrons. The molecule has 1 atom stereocenters. The quantitative estimate of drug-likeness (QED) is 0.497. The number of ether oxygens (including phenoxy) is 1. The van der Waals surface area contributed by atoms with E-state index in [0.29, 0.717) is 32.7 Å². The van der Waals surface area contributed by atoms with Crippen LogP contribution in [-0.4, -0.2) is 29.6 Å². The molecule has 9 heteroatoms. The predicted molar refractivity (Wildman–Crippen MR) is 137 cm³/mol. The van der Waals surface area contributed by atoms with Crippen molar-refractivity contribution in [2.75, 3.05) is 18.1 Å². The van der Waals surface area contributed by atoms with Gasteiger partial charge in [-0.2, -0.15) is 0 Å². The van der Waals surface area contributed by atoms with Crippen molar-refractivity contribution in [3.8, 4) is 0 Å². The number of allylic oxidation sites excluding steroid dienone is 1. The van der Waals surface area contributed by atoms with E-state index in [0.717, 1.165) is 16.1 Å². The summed E-state index contributed by atoms with van der Waals surface area (Å²) in [4.78, 5) is 48.1. The molecule has 0 saturated heterocycles. The van der Waals surface area contributed by atoms with Gasteiger partial charge in [-0.25, -0.2) is 9.79 Å². The first-order valence-electron chi connectivity index (χ1n) is 11.5. The topological polar surface area (TPSA) is 81.0 Å². The van der Waals surface area contributed by atoms with Gasteiger partial charge in [-0.3, -0.25) is 14.2 Å². The molecule has 0 aliphatic carbocycles. The van der Waals surface area contributed by atoms with Gasteiger partial charge in [0.15, 0.2) is 4.80 Å². The Balaban J connectivity index is 1.76. The summed E-state index contributed by atoms with van der Waals surface area (Å²) in [6.07, 6.45) is 0. The predicted octanol–water partition coefficient (Wildman–Crippen LogP) is 3.23.